The van der Waals surface area contributed by atoms with Gasteiger partial charge in [-0.15, -0.1) is 11.3 Å². The van der Waals surface area contributed by atoms with E-state index < -0.39 is 17.6 Å². The van der Waals surface area contributed by atoms with Crippen LogP contribution in [-0.4, -0.2) is 45.3 Å². The van der Waals surface area contributed by atoms with E-state index in [4.69, 9.17) is 4.74 Å². The lowest BCUT2D eigenvalue weighted by Gasteiger charge is -2.39. The summed E-state index contributed by atoms with van der Waals surface area (Å²) in [7, 11) is 0. The zero-order chi connectivity index (χ0) is 27.1. The van der Waals surface area contributed by atoms with E-state index >= 15 is 0 Å². The van der Waals surface area contributed by atoms with Gasteiger partial charge < -0.3 is 14.7 Å². The minimum atomic E-state index is -4.46. The fourth-order valence-electron chi connectivity index (χ4n) is 5.88. The highest BCUT2D eigenvalue weighted by atomic mass is 32.1. The van der Waals surface area contributed by atoms with E-state index in [1.807, 2.05) is 0 Å². The number of thiophene rings is 1. The van der Waals surface area contributed by atoms with Crippen LogP contribution in [0.2, 0.25) is 0 Å². The summed E-state index contributed by atoms with van der Waals surface area (Å²) in [4.78, 5) is 35.6. The van der Waals surface area contributed by atoms with E-state index in [1.54, 1.807) is 17.2 Å². The van der Waals surface area contributed by atoms with Crippen LogP contribution in [0.15, 0.2) is 24.7 Å². The molecule has 2 aromatic rings. The number of carbonyl (C=O) groups excluding carboxylic acids is 1. The van der Waals surface area contributed by atoms with Crippen LogP contribution in [-0.2, 0) is 10.2 Å². The number of aromatic carboxylic acids is 1. The van der Waals surface area contributed by atoms with Crippen molar-refractivity contribution >= 4 is 28.9 Å². The molecule has 3 aliphatic carbocycles. The number of carboxylic acids is 1. The second-order valence-corrected chi connectivity index (χ2v) is 12.0. The Morgan fingerprint density at radius 1 is 1.11 bits per heavy atom. The molecule has 0 radical (unpaired) electrons. The third-order valence-electron chi connectivity index (χ3n) is 8.38. The van der Waals surface area contributed by atoms with Gasteiger partial charge in [-0.2, -0.15) is 13.2 Å². The number of amides is 1. The van der Waals surface area contributed by atoms with Gasteiger partial charge in [-0.25, -0.2) is 14.8 Å². The zero-order valence-corrected chi connectivity index (χ0v) is 22.1. The van der Waals surface area contributed by atoms with Crippen LogP contribution in [0, 0.1) is 11.8 Å². The van der Waals surface area contributed by atoms with Crippen molar-refractivity contribution in [2.24, 2.45) is 11.8 Å². The number of hydrogen-bond acceptors (Lipinski definition) is 6. The molecule has 11 heteroatoms. The predicted molar refractivity (Wildman–Crippen MR) is 136 cm³/mol. The first-order valence-corrected chi connectivity index (χ1v) is 14.1. The number of carbonyl (C=O) groups is 2. The number of alkyl halides is 3. The van der Waals surface area contributed by atoms with E-state index in [0.29, 0.717) is 61.7 Å². The number of rotatable bonds is 7. The topological polar surface area (TPSA) is 92.6 Å². The van der Waals surface area contributed by atoms with Gasteiger partial charge in [0.25, 0.3) is 0 Å². The molecule has 0 bridgehead atoms. The molecular weight excluding hydrogens is 519 g/mol. The molecular formula is C27H32F3N3O4S. The molecule has 0 aliphatic heterocycles. The molecule has 3 saturated carbocycles. The zero-order valence-electron chi connectivity index (χ0n) is 21.2. The van der Waals surface area contributed by atoms with Crippen molar-refractivity contribution in [1.82, 2.24) is 9.97 Å². The SMILES string of the molecule is CC1CCC(C(=O)N(c2cc(C3(C(F)(F)F)CC3)sc2C(=O)O)C2CCC(Oc3ccncn3)CC2)CC1. The number of halogens is 3. The van der Waals surface area contributed by atoms with Crippen LogP contribution >= 0.6 is 11.3 Å². The molecule has 5 rings (SSSR count). The van der Waals surface area contributed by atoms with Crippen LogP contribution in [0.4, 0.5) is 18.9 Å². The first-order chi connectivity index (χ1) is 18.1. The average molecular weight is 552 g/mol. The minimum Gasteiger partial charge on any atom is -0.477 e. The third-order valence-corrected chi connectivity index (χ3v) is 9.70. The Balaban J connectivity index is 1.44. The molecule has 0 saturated heterocycles. The van der Waals surface area contributed by atoms with Gasteiger partial charge in [0.1, 0.15) is 22.7 Å². The van der Waals surface area contributed by atoms with Crippen molar-refractivity contribution in [3.05, 3.63) is 34.4 Å². The minimum absolute atomic E-state index is 0.00625. The van der Waals surface area contributed by atoms with Crippen molar-refractivity contribution in [1.29, 1.82) is 0 Å². The molecule has 0 aromatic carbocycles. The number of carboxylic acid groups (broad SMARTS) is 1. The number of hydrogen-bond donors (Lipinski definition) is 1. The molecule has 7 nitrogen and oxygen atoms in total. The van der Waals surface area contributed by atoms with Gasteiger partial charge in [-0.3, -0.25) is 4.79 Å². The average Bonchev–Trinajstić information content (AvgIpc) is 3.60. The van der Waals surface area contributed by atoms with Gasteiger partial charge in [0.05, 0.1) is 5.69 Å². The summed E-state index contributed by atoms with van der Waals surface area (Å²) in [6, 6.07) is 2.71. The molecule has 1 N–H and O–H groups in total. The van der Waals surface area contributed by atoms with E-state index in [1.165, 1.54) is 12.4 Å². The Labute approximate surface area is 223 Å². The summed E-state index contributed by atoms with van der Waals surface area (Å²) < 4.78 is 47.8. The van der Waals surface area contributed by atoms with Gasteiger partial charge in [0, 0.05) is 29.1 Å². The first kappa shape index (κ1) is 26.9. The summed E-state index contributed by atoms with van der Waals surface area (Å²) >= 11 is 0.671. The Morgan fingerprint density at radius 3 is 2.34 bits per heavy atom. The van der Waals surface area contributed by atoms with Crippen LogP contribution in [0.1, 0.15) is 85.7 Å². The smallest absolute Gasteiger partial charge is 0.399 e. The van der Waals surface area contributed by atoms with E-state index in [9.17, 15) is 27.9 Å². The lowest BCUT2D eigenvalue weighted by molar-refractivity contribution is -0.159. The van der Waals surface area contributed by atoms with E-state index in [2.05, 4.69) is 16.9 Å². The standard InChI is InChI=1S/C27H32F3N3O4S/c1-16-2-4-17(5-3-16)24(34)33(18-6-8-19(9-7-18)37-22-10-13-31-15-32-22)20-14-21(38-23(20)25(35)36)26(11-12-26)27(28,29)30/h10,13-19H,2-9,11-12H2,1H3,(H,35,36). The molecule has 3 fully saturated rings. The number of ether oxygens (including phenoxy) is 1. The molecule has 0 unspecified atom stereocenters. The molecule has 2 aromatic heterocycles. The van der Waals surface area contributed by atoms with Crippen molar-refractivity contribution in [2.45, 2.75) is 94.9 Å². The first-order valence-electron chi connectivity index (χ1n) is 13.3. The van der Waals surface area contributed by atoms with E-state index in [-0.39, 0.29) is 52.3 Å². The maximum atomic E-state index is 14.0. The molecule has 206 valence electrons. The van der Waals surface area contributed by atoms with Crippen molar-refractivity contribution in [3.63, 3.8) is 0 Å². The summed E-state index contributed by atoms with van der Waals surface area (Å²) in [6.45, 7) is 2.15. The highest BCUT2D eigenvalue weighted by Crippen LogP contribution is 2.61. The van der Waals surface area contributed by atoms with Crippen molar-refractivity contribution in [2.75, 3.05) is 4.90 Å². The van der Waals surface area contributed by atoms with Gasteiger partial charge >= 0.3 is 12.1 Å². The summed E-state index contributed by atoms with van der Waals surface area (Å²) in [5.41, 5.74) is -1.88. The lowest BCUT2D eigenvalue weighted by Crippen LogP contribution is -2.47. The monoisotopic (exact) mass is 551 g/mol. The molecule has 3 aliphatic rings. The maximum Gasteiger partial charge on any atom is 0.399 e. The summed E-state index contributed by atoms with van der Waals surface area (Å²) in [5.74, 6) is -0.745. The summed E-state index contributed by atoms with van der Waals surface area (Å²) in [5, 5.41) is 10.0. The van der Waals surface area contributed by atoms with E-state index in [0.717, 1.165) is 12.8 Å². The van der Waals surface area contributed by atoms with Gasteiger partial charge in [0.2, 0.25) is 11.8 Å². The van der Waals surface area contributed by atoms with Crippen molar-refractivity contribution in [3.8, 4) is 5.88 Å². The normalized spacial score (nSPS) is 26.9. The van der Waals surface area contributed by atoms with Gasteiger partial charge in [0.15, 0.2) is 0 Å². The van der Waals surface area contributed by atoms with Crippen LogP contribution < -0.4 is 9.64 Å². The molecule has 0 atom stereocenters. The fraction of sp³-hybridized carbons (Fsp3) is 0.630. The number of anilines is 1. The highest BCUT2D eigenvalue weighted by Gasteiger charge is 2.65. The second-order valence-electron chi connectivity index (χ2n) is 11.0. The van der Waals surface area contributed by atoms with Gasteiger partial charge in [-0.05, 0) is 76.2 Å². The Hall–Kier alpha value is -2.69. The molecule has 0 spiro atoms. The largest absolute Gasteiger partial charge is 0.477 e. The van der Waals surface area contributed by atoms with Crippen molar-refractivity contribution < 1.29 is 32.6 Å². The number of aromatic nitrogens is 2. The third kappa shape index (κ3) is 5.26. The second kappa shape index (κ2) is 10.5. The summed E-state index contributed by atoms with van der Waals surface area (Å²) in [6.07, 6.45) is 3.85. The fourth-order valence-corrected chi connectivity index (χ4v) is 7.14. The Kier molecular flexibility index (Phi) is 7.41. The van der Waals surface area contributed by atoms with Crippen LogP contribution in [0.25, 0.3) is 0 Å². The molecule has 2 heterocycles. The van der Waals surface area contributed by atoms with Gasteiger partial charge in [-0.1, -0.05) is 6.92 Å². The highest BCUT2D eigenvalue weighted by molar-refractivity contribution is 7.14. The van der Waals surface area contributed by atoms with Crippen LogP contribution in [0.3, 0.4) is 0 Å². The van der Waals surface area contributed by atoms with Crippen LogP contribution in [0.5, 0.6) is 5.88 Å². The predicted octanol–water partition coefficient (Wildman–Crippen LogP) is 6.38. The molecule has 1 amide bonds. The quantitative estimate of drug-likeness (QED) is 0.429. The number of nitrogens with zero attached hydrogens (tertiary/aromatic N) is 3. The maximum absolute atomic E-state index is 14.0. The molecule has 38 heavy (non-hydrogen) atoms. The Morgan fingerprint density at radius 2 is 1.79 bits per heavy atom. The Bertz CT molecular complexity index is 1150. The lowest BCUT2D eigenvalue weighted by atomic mass is 9.81.